The summed E-state index contributed by atoms with van der Waals surface area (Å²) < 4.78 is 12.4. The van der Waals surface area contributed by atoms with E-state index in [9.17, 15) is 9.18 Å². The molecule has 0 bridgehead atoms. The molecule has 0 unspecified atom stereocenters. The van der Waals surface area contributed by atoms with Crippen LogP contribution in [-0.4, -0.2) is 12.5 Å². The second kappa shape index (κ2) is 4.57. The predicted octanol–water partition coefficient (Wildman–Crippen LogP) is 0.401. The molecule has 3 nitrogen and oxygen atoms in total. The van der Waals surface area contributed by atoms with Gasteiger partial charge in [-0.1, -0.05) is 12.1 Å². The van der Waals surface area contributed by atoms with Crippen molar-refractivity contribution in [2.45, 2.75) is 6.54 Å². The molecule has 0 heterocycles. The molecule has 0 aliphatic rings. The van der Waals surface area contributed by atoms with Crippen LogP contribution in [-0.2, 0) is 11.3 Å². The molecule has 13 heavy (non-hydrogen) atoms. The Labute approximate surface area is 75.7 Å². The lowest BCUT2D eigenvalue weighted by Gasteiger charge is -2.01. The summed E-state index contributed by atoms with van der Waals surface area (Å²) in [5.41, 5.74) is 5.84. The van der Waals surface area contributed by atoms with Crippen LogP contribution in [0.15, 0.2) is 24.3 Å². The van der Waals surface area contributed by atoms with E-state index in [1.165, 1.54) is 12.1 Å². The molecule has 3 N–H and O–H groups in total. The number of carbonyl (C=O) groups excluding carboxylic acids is 1. The number of nitrogens with two attached hydrogens (primary N) is 1. The molecule has 1 rings (SSSR count). The van der Waals surface area contributed by atoms with E-state index in [-0.39, 0.29) is 12.4 Å². The van der Waals surface area contributed by atoms with E-state index in [1.807, 2.05) is 0 Å². The highest BCUT2D eigenvalue weighted by atomic mass is 19.1. The summed E-state index contributed by atoms with van der Waals surface area (Å²) in [4.78, 5) is 10.3. The Hall–Kier alpha value is -1.42. The number of halogens is 1. The number of amides is 1. The van der Waals surface area contributed by atoms with Gasteiger partial charge in [-0.2, -0.15) is 0 Å². The molecular formula is C9H11FN2O. The molecule has 0 radical (unpaired) electrons. The van der Waals surface area contributed by atoms with Crippen molar-refractivity contribution in [2.24, 2.45) is 5.73 Å². The largest absolute Gasteiger partial charge is 0.369 e. The topological polar surface area (TPSA) is 55.1 Å². The minimum atomic E-state index is -0.401. The van der Waals surface area contributed by atoms with Gasteiger partial charge >= 0.3 is 0 Å². The molecule has 0 aromatic heterocycles. The van der Waals surface area contributed by atoms with E-state index < -0.39 is 5.91 Å². The summed E-state index contributed by atoms with van der Waals surface area (Å²) in [6.07, 6.45) is 0. The lowest BCUT2D eigenvalue weighted by molar-refractivity contribution is -0.117. The molecule has 0 saturated heterocycles. The van der Waals surface area contributed by atoms with Gasteiger partial charge < -0.3 is 11.1 Å². The second-order valence-electron chi connectivity index (χ2n) is 2.70. The summed E-state index contributed by atoms with van der Waals surface area (Å²) in [5.74, 6) is -0.666. The lowest BCUT2D eigenvalue weighted by Crippen LogP contribution is -2.28. The van der Waals surface area contributed by atoms with Gasteiger partial charge in [-0.15, -0.1) is 0 Å². The minimum Gasteiger partial charge on any atom is -0.369 e. The Kier molecular flexibility index (Phi) is 3.40. The summed E-state index contributed by atoms with van der Waals surface area (Å²) in [7, 11) is 0. The van der Waals surface area contributed by atoms with Gasteiger partial charge in [0, 0.05) is 6.54 Å². The van der Waals surface area contributed by atoms with Crippen LogP contribution in [0.1, 0.15) is 5.56 Å². The van der Waals surface area contributed by atoms with Crippen LogP contribution in [0.3, 0.4) is 0 Å². The number of carbonyl (C=O) groups is 1. The summed E-state index contributed by atoms with van der Waals surface area (Å²) in [5, 5.41) is 2.82. The maximum Gasteiger partial charge on any atom is 0.231 e. The van der Waals surface area contributed by atoms with E-state index in [4.69, 9.17) is 5.73 Å². The first-order valence-corrected chi connectivity index (χ1v) is 3.92. The van der Waals surface area contributed by atoms with Crippen molar-refractivity contribution in [2.75, 3.05) is 6.54 Å². The van der Waals surface area contributed by atoms with Gasteiger partial charge in [0.2, 0.25) is 5.91 Å². The molecule has 0 atom stereocenters. The summed E-state index contributed by atoms with van der Waals surface area (Å²) >= 11 is 0. The average Bonchev–Trinajstić information content (AvgIpc) is 2.08. The standard InChI is InChI=1S/C9H11FN2O/c10-8-3-1-7(2-4-8)5-12-6-9(11)13/h1-4,12H,5-6H2,(H2,11,13). The summed E-state index contributed by atoms with van der Waals surface area (Å²) in [6, 6.07) is 6.06. The fourth-order valence-electron chi connectivity index (χ4n) is 0.932. The Balaban J connectivity index is 2.37. The maximum atomic E-state index is 12.4. The first-order valence-electron chi connectivity index (χ1n) is 3.92. The average molecular weight is 182 g/mol. The van der Waals surface area contributed by atoms with Crippen molar-refractivity contribution in [3.63, 3.8) is 0 Å². The number of hydrogen-bond donors (Lipinski definition) is 2. The van der Waals surface area contributed by atoms with Gasteiger partial charge in [0.25, 0.3) is 0 Å². The Bertz CT molecular complexity index is 284. The fourth-order valence-corrected chi connectivity index (χ4v) is 0.932. The van der Waals surface area contributed by atoms with E-state index in [0.29, 0.717) is 6.54 Å². The summed E-state index contributed by atoms with van der Waals surface area (Å²) in [6.45, 7) is 0.653. The number of hydrogen-bond acceptors (Lipinski definition) is 2. The molecule has 0 fully saturated rings. The Morgan fingerprint density at radius 2 is 2.00 bits per heavy atom. The van der Waals surface area contributed by atoms with Crippen LogP contribution in [0.2, 0.25) is 0 Å². The van der Waals surface area contributed by atoms with Crippen molar-refractivity contribution in [1.29, 1.82) is 0 Å². The van der Waals surface area contributed by atoms with Crippen LogP contribution in [0, 0.1) is 5.82 Å². The van der Waals surface area contributed by atoms with Crippen LogP contribution in [0.5, 0.6) is 0 Å². The minimum absolute atomic E-state index is 0.136. The molecule has 1 aromatic carbocycles. The molecule has 0 spiro atoms. The first kappa shape index (κ1) is 9.67. The van der Waals surface area contributed by atoms with Crippen LogP contribution in [0.25, 0.3) is 0 Å². The first-order chi connectivity index (χ1) is 6.18. The van der Waals surface area contributed by atoms with Crippen molar-refractivity contribution in [3.05, 3.63) is 35.6 Å². The molecule has 0 saturated carbocycles. The van der Waals surface area contributed by atoms with Gasteiger partial charge in [-0.25, -0.2) is 4.39 Å². The number of benzene rings is 1. The highest BCUT2D eigenvalue weighted by Gasteiger charge is 1.95. The third-order valence-electron chi connectivity index (χ3n) is 1.54. The molecule has 0 aliphatic carbocycles. The smallest absolute Gasteiger partial charge is 0.231 e. The molecule has 0 aliphatic heterocycles. The van der Waals surface area contributed by atoms with E-state index in [1.54, 1.807) is 12.1 Å². The fraction of sp³-hybridized carbons (Fsp3) is 0.222. The van der Waals surface area contributed by atoms with Gasteiger partial charge in [0.1, 0.15) is 5.82 Å². The monoisotopic (exact) mass is 182 g/mol. The number of rotatable bonds is 4. The third-order valence-corrected chi connectivity index (χ3v) is 1.54. The zero-order valence-corrected chi connectivity index (χ0v) is 7.09. The zero-order chi connectivity index (χ0) is 9.68. The van der Waals surface area contributed by atoms with E-state index in [2.05, 4.69) is 5.32 Å². The molecule has 70 valence electrons. The van der Waals surface area contributed by atoms with Crippen LogP contribution < -0.4 is 11.1 Å². The predicted molar refractivity (Wildman–Crippen MR) is 47.3 cm³/mol. The van der Waals surface area contributed by atoms with Crippen molar-refractivity contribution >= 4 is 5.91 Å². The number of nitrogens with one attached hydrogen (secondary N) is 1. The van der Waals surface area contributed by atoms with E-state index >= 15 is 0 Å². The zero-order valence-electron chi connectivity index (χ0n) is 7.09. The second-order valence-corrected chi connectivity index (χ2v) is 2.70. The molecule has 1 aromatic rings. The molecule has 1 amide bonds. The lowest BCUT2D eigenvalue weighted by atomic mass is 10.2. The Morgan fingerprint density at radius 1 is 1.38 bits per heavy atom. The molecular weight excluding hydrogens is 171 g/mol. The number of primary amides is 1. The quantitative estimate of drug-likeness (QED) is 0.708. The Morgan fingerprint density at radius 3 is 2.54 bits per heavy atom. The van der Waals surface area contributed by atoms with Gasteiger partial charge in [-0.05, 0) is 17.7 Å². The maximum absolute atomic E-state index is 12.4. The van der Waals surface area contributed by atoms with Crippen molar-refractivity contribution < 1.29 is 9.18 Å². The molecule has 4 heteroatoms. The SMILES string of the molecule is NC(=O)CNCc1ccc(F)cc1. The van der Waals surface area contributed by atoms with Gasteiger partial charge in [0.15, 0.2) is 0 Å². The van der Waals surface area contributed by atoms with Gasteiger partial charge in [-0.3, -0.25) is 4.79 Å². The van der Waals surface area contributed by atoms with Crippen LogP contribution >= 0.6 is 0 Å². The van der Waals surface area contributed by atoms with Gasteiger partial charge in [0.05, 0.1) is 6.54 Å². The van der Waals surface area contributed by atoms with Crippen LogP contribution in [0.4, 0.5) is 4.39 Å². The highest BCUT2D eigenvalue weighted by molar-refractivity contribution is 5.75. The highest BCUT2D eigenvalue weighted by Crippen LogP contribution is 2.01. The normalized spacial score (nSPS) is 9.92. The third kappa shape index (κ3) is 3.66. The van der Waals surface area contributed by atoms with E-state index in [0.717, 1.165) is 5.56 Å². The van der Waals surface area contributed by atoms with Crippen molar-refractivity contribution in [1.82, 2.24) is 5.32 Å². The van der Waals surface area contributed by atoms with Crippen molar-refractivity contribution in [3.8, 4) is 0 Å².